The third kappa shape index (κ3) is 5.63. The van der Waals surface area contributed by atoms with Gasteiger partial charge in [-0.2, -0.15) is 0 Å². The van der Waals surface area contributed by atoms with Crippen molar-refractivity contribution in [1.82, 2.24) is 5.32 Å². The Morgan fingerprint density at radius 3 is 2.63 bits per heavy atom. The average molecular weight is 264 g/mol. The smallest absolute Gasteiger partial charge is 0.269 e. The fraction of sp³-hybridized carbons (Fsp3) is 0.429. The van der Waals surface area contributed by atoms with Gasteiger partial charge in [0.25, 0.3) is 5.69 Å². The topological polar surface area (TPSA) is 64.4 Å². The van der Waals surface area contributed by atoms with E-state index in [4.69, 9.17) is 4.74 Å². The van der Waals surface area contributed by atoms with E-state index in [-0.39, 0.29) is 11.7 Å². The summed E-state index contributed by atoms with van der Waals surface area (Å²) in [7, 11) is 0. The largest absolute Gasteiger partial charge is 0.376 e. The number of nitrogens with one attached hydrogen (secondary N) is 1. The first kappa shape index (κ1) is 15.3. The maximum Gasteiger partial charge on any atom is 0.269 e. The first-order valence-electron chi connectivity index (χ1n) is 6.20. The molecule has 0 aliphatic carbocycles. The summed E-state index contributed by atoms with van der Waals surface area (Å²) in [4.78, 5) is 10.2. The molecule has 0 aliphatic rings. The van der Waals surface area contributed by atoms with Gasteiger partial charge < -0.3 is 10.1 Å². The van der Waals surface area contributed by atoms with Gasteiger partial charge in [-0.15, -0.1) is 0 Å². The molecular formula is C14H20N2O3. The lowest BCUT2D eigenvalue weighted by Crippen LogP contribution is -2.23. The standard InChI is InChI=1S/C14H20N2O3/c1-11(2)10-19-9-8-15-12(3)13-4-6-14(7-5-13)16(17)18/h4-7,12,15H,1,8-10H2,2-3H3. The lowest BCUT2D eigenvalue weighted by Gasteiger charge is -2.14. The van der Waals surface area contributed by atoms with Crippen LogP contribution in [0.5, 0.6) is 0 Å². The highest BCUT2D eigenvalue weighted by atomic mass is 16.6. The minimum Gasteiger partial charge on any atom is -0.376 e. The fourth-order valence-electron chi connectivity index (χ4n) is 1.60. The van der Waals surface area contributed by atoms with Crippen LogP contribution in [0.3, 0.4) is 0 Å². The zero-order chi connectivity index (χ0) is 14.3. The van der Waals surface area contributed by atoms with Crippen molar-refractivity contribution in [3.63, 3.8) is 0 Å². The lowest BCUT2D eigenvalue weighted by molar-refractivity contribution is -0.384. The van der Waals surface area contributed by atoms with E-state index in [1.807, 2.05) is 13.8 Å². The predicted molar refractivity (Wildman–Crippen MR) is 75.1 cm³/mol. The van der Waals surface area contributed by atoms with Crippen LogP contribution >= 0.6 is 0 Å². The summed E-state index contributed by atoms with van der Waals surface area (Å²) in [6.07, 6.45) is 0. The summed E-state index contributed by atoms with van der Waals surface area (Å²) < 4.78 is 5.38. The molecule has 0 fully saturated rings. The Bertz CT molecular complexity index is 429. The maximum absolute atomic E-state index is 10.5. The molecule has 5 nitrogen and oxygen atoms in total. The Labute approximate surface area is 113 Å². The van der Waals surface area contributed by atoms with Crippen LogP contribution in [0.1, 0.15) is 25.5 Å². The predicted octanol–water partition coefficient (Wildman–Crippen LogP) is 2.84. The third-order valence-electron chi connectivity index (χ3n) is 2.65. The van der Waals surface area contributed by atoms with Crippen molar-refractivity contribution >= 4 is 5.69 Å². The molecule has 5 heteroatoms. The molecule has 19 heavy (non-hydrogen) atoms. The average Bonchev–Trinajstić information content (AvgIpc) is 2.37. The van der Waals surface area contributed by atoms with Crippen molar-refractivity contribution in [3.8, 4) is 0 Å². The van der Waals surface area contributed by atoms with Crippen molar-refractivity contribution in [1.29, 1.82) is 0 Å². The molecule has 0 amide bonds. The zero-order valence-electron chi connectivity index (χ0n) is 11.4. The van der Waals surface area contributed by atoms with E-state index in [0.29, 0.717) is 13.2 Å². The van der Waals surface area contributed by atoms with E-state index in [2.05, 4.69) is 11.9 Å². The number of nitrogens with zero attached hydrogens (tertiary/aromatic N) is 1. The normalized spacial score (nSPS) is 12.1. The van der Waals surface area contributed by atoms with Gasteiger partial charge in [0.1, 0.15) is 0 Å². The van der Waals surface area contributed by atoms with E-state index in [0.717, 1.165) is 17.7 Å². The molecule has 1 atom stereocenters. The van der Waals surface area contributed by atoms with E-state index in [9.17, 15) is 10.1 Å². The zero-order valence-corrected chi connectivity index (χ0v) is 11.4. The highest BCUT2D eigenvalue weighted by Crippen LogP contribution is 2.17. The van der Waals surface area contributed by atoms with Crippen molar-refractivity contribution in [2.24, 2.45) is 0 Å². The minimum atomic E-state index is -0.396. The van der Waals surface area contributed by atoms with Crippen LogP contribution in [0.2, 0.25) is 0 Å². The summed E-state index contributed by atoms with van der Waals surface area (Å²) in [5.41, 5.74) is 2.13. The second-order valence-electron chi connectivity index (χ2n) is 4.53. The van der Waals surface area contributed by atoms with Crippen LogP contribution in [-0.4, -0.2) is 24.7 Å². The molecule has 0 saturated carbocycles. The molecule has 0 radical (unpaired) electrons. The van der Waals surface area contributed by atoms with Crippen molar-refractivity contribution in [2.45, 2.75) is 19.9 Å². The Morgan fingerprint density at radius 1 is 1.47 bits per heavy atom. The third-order valence-corrected chi connectivity index (χ3v) is 2.65. The van der Waals surface area contributed by atoms with Gasteiger partial charge in [-0.25, -0.2) is 0 Å². The number of ether oxygens (including phenoxy) is 1. The number of hydrogen-bond donors (Lipinski definition) is 1. The lowest BCUT2D eigenvalue weighted by atomic mass is 10.1. The Hall–Kier alpha value is -1.72. The van der Waals surface area contributed by atoms with Gasteiger partial charge in [-0.05, 0) is 19.4 Å². The number of nitro groups is 1. The quantitative estimate of drug-likeness (QED) is 0.339. The van der Waals surface area contributed by atoms with Crippen LogP contribution < -0.4 is 5.32 Å². The SMILES string of the molecule is C=C(C)COCCNC(C)c1ccc([N+](=O)[O-])cc1. The molecule has 1 aromatic carbocycles. The molecule has 0 saturated heterocycles. The van der Waals surface area contributed by atoms with Gasteiger partial charge in [-0.3, -0.25) is 10.1 Å². The van der Waals surface area contributed by atoms with Crippen molar-refractivity contribution in [2.75, 3.05) is 19.8 Å². The first-order valence-corrected chi connectivity index (χ1v) is 6.20. The number of non-ortho nitro benzene ring substituents is 1. The molecule has 0 spiro atoms. The molecule has 104 valence electrons. The molecular weight excluding hydrogens is 244 g/mol. The summed E-state index contributed by atoms with van der Waals surface area (Å²) in [6, 6.07) is 6.71. The Morgan fingerprint density at radius 2 is 2.11 bits per heavy atom. The molecule has 1 aromatic rings. The highest BCUT2D eigenvalue weighted by Gasteiger charge is 2.08. The molecule has 0 heterocycles. The van der Waals surface area contributed by atoms with Crippen LogP contribution in [0.4, 0.5) is 5.69 Å². The summed E-state index contributed by atoms with van der Waals surface area (Å²) >= 11 is 0. The molecule has 0 aromatic heterocycles. The van der Waals surface area contributed by atoms with E-state index < -0.39 is 4.92 Å². The van der Waals surface area contributed by atoms with E-state index in [1.54, 1.807) is 12.1 Å². The molecule has 1 unspecified atom stereocenters. The van der Waals surface area contributed by atoms with Gasteiger partial charge in [0.05, 0.1) is 18.1 Å². The second-order valence-corrected chi connectivity index (χ2v) is 4.53. The summed E-state index contributed by atoms with van der Waals surface area (Å²) in [6.45, 7) is 9.61. The fourth-order valence-corrected chi connectivity index (χ4v) is 1.60. The first-order chi connectivity index (χ1) is 9.00. The summed E-state index contributed by atoms with van der Waals surface area (Å²) in [5.74, 6) is 0. The van der Waals surface area contributed by atoms with Gasteiger partial charge in [-0.1, -0.05) is 24.3 Å². The minimum absolute atomic E-state index is 0.112. The van der Waals surface area contributed by atoms with Gasteiger partial charge in [0, 0.05) is 24.7 Å². The monoisotopic (exact) mass is 264 g/mol. The van der Waals surface area contributed by atoms with Gasteiger partial charge in [0.2, 0.25) is 0 Å². The molecule has 1 N–H and O–H groups in total. The number of rotatable bonds is 8. The molecule has 0 bridgehead atoms. The maximum atomic E-state index is 10.5. The van der Waals surface area contributed by atoms with Crippen LogP contribution in [0.25, 0.3) is 0 Å². The van der Waals surface area contributed by atoms with Crippen molar-refractivity contribution < 1.29 is 9.66 Å². The molecule has 0 aliphatic heterocycles. The number of nitro benzene ring substituents is 1. The van der Waals surface area contributed by atoms with Crippen LogP contribution in [-0.2, 0) is 4.74 Å². The molecule has 1 rings (SSSR count). The summed E-state index contributed by atoms with van der Waals surface area (Å²) in [5, 5.41) is 13.8. The van der Waals surface area contributed by atoms with Crippen molar-refractivity contribution in [3.05, 3.63) is 52.1 Å². The number of hydrogen-bond acceptors (Lipinski definition) is 4. The van der Waals surface area contributed by atoms with Crippen LogP contribution in [0.15, 0.2) is 36.4 Å². The Balaban J connectivity index is 2.34. The second kappa shape index (κ2) is 7.66. The van der Waals surface area contributed by atoms with Crippen LogP contribution in [0, 0.1) is 10.1 Å². The number of benzene rings is 1. The van der Waals surface area contributed by atoms with Gasteiger partial charge >= 0.3 is 0 Å². The van der Waals surface area contributed by atoms with Gasteiger partial charge in [0.15, 0.2) is 0 Å². The Kier molecular flexibility index (Phi) is 6.18. The highest BCUT2D eigenvalue weighted by molar-refractivity contribution is 5.33. The van der Waals surface area contributed by atoms with E-state index in [1.165, 1.54) is 12.1 Å². The van der Waals surface area contributed by atoms with E-state index >= 15 is 0 Å².